The molecule has 2 rings (SSSR count). The molecule has 1 saturated heterocycles. The Morgan fingerprint density at radius 2 is 1.82 bits per heavy atom. The summed E-state index contributed by atoms with van der Waals surface area (Å²) in [5.41, 5.74) is 1.02. The van der Waals surface area contributed by atoms with Crippen LogP contribution in [-0.4, -0.2) is 20.3 Å². The van der Waals surface area contributed by atoms with E-state index < -0.39 is 0 Å². The van der Waals surface area contributed by atoms with E-state index in [1.807, 2.05) is 25.2 Å². The van der Waals surface area contributed by atoms with Crippen LogP contribution in [0.15, 0.2) is 18.2 Å². The van der Waals surface area contributed by atoms with Gasteiger partial charge in [-0.15, -0.1) is 0 Å². The van der Waals surface area contributed by atoms with Crippen molar-refractivity contribution in [2.45, 2.75) is 18.9 Å². The summed E-state index contributed by atoms with van der Waals surface area (Å²) in [6.45, 7) is 1.65. The van der Waals surface area contributed by atoms with Crippen molar-refractivity contribution in [1.29, 1.82) is 0 Å². The molecule has 1 heterocycles. The molecule has 0 radical (unpaired) electrons. The van der Waals surface area contributed by atoms with Gasteiger partial charge in [-0.2, -0.15) is 0 Å². The predicted octanol–water partition coefficient (Wildman–Crippen LogP) is 3.68. The van der Waals surface area contributed by atoms with Gasteiger partial charge in [0.25, 0.3) is 0 Å². The summed E-state index contributed by atoms with van der Waals surface area (Å²) in [5.74, 6) is 0.533. The molecule has 1 aromatic rings. The first-order valence-corrected chi connectivity index (χ1v) is 6.68. The fourth-order valence-electron chi connectivity index (χ4n) is 2.47. The van der Waals surface area contributed by atoms with Crippen LogP contribution in [0.2, 0.25) is 10.0 Å². The van der Waals surface area contributed by atoms with Crippen LogP contribution in [0, 0.1) is 5.92 Å². The third kappa shape index (κ3) is 2.94. The molecule has 1 aliphatic heterocycles. The van der Waals surface area contributed by atoms with Gasteiger partial charge < -0.3 is 10.1 Å². The van der Waals surface area contributed by atoms with Crippen molar-refractivity contribution >= 4 is 23.2 Å². The topological polar surface area (TPSA) is 21.3 Å². The highest BCUT2D eigenvalue weighted by molar-refractivity contribution is 6.36. The Hall–Kier alpha value is -0.280. The van der Waals surface area contributed by atoms with E-state index in [2.05, 4.69) is 5.32 Å². The molecule has 0 bridgehead atoms. The van der Waals surface area contributed by atoms with Crippen molar-refractivity contribution in [3.63, 3.8) is 0 Å². The minimum Gasteiger partial charge on any atom is -0.381 e. The highest BCUT2D eigenvalue weighted by Gasteiger charge is 2.27. The van der Waals surface area contributed by atoms with Crippen LogP contribution >= 0.6 is 23.2 Å². The molecular weight excluding hydrogens is 257 g/mol. The van der Waals surface area contributed by atoms with Crippen LogP contribution in [0.1, 0.15) is 24.4 Å². The van der Waals surface area contributed by atoms with Gasteiger partial charge in [0, 0.05) is 34.9 Å². The number of hydrogen-bond acceptors (Lipinski definition) is 2. The molecule has 17 heavy (non-hydrogen) atoms. The molecular formula is C13H17Cl2NO. The van der Waals surface area contributed by atoms with E-state index in [1.165, 1.54) is 0 Å². The molecule has 0 spiro atoms. The van der Waals surface area contributed by atoms with Crippen molar-refractivity contribution in [1.82, 2.24) is 5.32 Å². The van der Waals surface area contributed by atoms with Crippen molar-refractivity contribution in [2.75, 3.05) is 20.3 Å². The van der Waals surface area contributed by atoms with E-state index in [0.29, 0.717) is 5.92 Å². The molecule has 1 aromatic carbocycles. The Labute approximate surface area is 112 Å². The van der Waals surface area contributed by atoms with Gasteiger partial charge in [-0.25, -0.2) is 0 Å². The summed E-state index contributed by atoms with van der Waals surface area (Å²) in [5, 5.41) is 4.82. The van der Waals surface area contributed by atoms with Gasteiger partial charge in [0.2, 0.25) is 0 Å². The summed E-state index contributed by atoms with van der Waals surface area (Å²) in [6.07, 6.45) is 2.10. The number of hydrogen-bond donors (Lipinski definition) is 1. The fraction of sp³-hybridized carbons (Fsp3) is 0.538. The quantitative estimate of drug-likeness (QED) is 0.907. The van der Waals surface area contributed by atoms with Crippen molar-refractivity contribution < 1.29 is 4.74 Å². The van der Waals surface area contributed by atoms with Gasteiger partial charge in [-0.1, -0.05) is 29.3 Å². The van der Waals surface area contributed by atoms with Crippen LogP contribution in [0.5, 0.6) is 0 Å². The molecule has 94 valence electrons. The first-order chi connectivity index (χ1) is 8.24. The normalized spacial score (nSPS) is 19.2. The van der Waals surface area contributed by atoms with Crippen LogP contribution in [0.25, 0.3) is 0 Å². The van der Waals surface area contributed by atoms with Crippen molar-refractivity contribution in [3.05, 3.63) is 33.8 Å². The molecule has 1 unspecified atom stereocenters. The monoisotopic (exact) mass is 273 g/mol. The molecule has 1 fully saturated rings. The van der Waals surface area contributed by atoms with E-state index in [1.54, 1.807) is 0 Å². The minimum absolute atomic E-state index is 0.208. The van der Waals surface area contributed by atoms with Gasteiger partial charge in [0.15, 0.2) is 0 Å². The summed E-state index contributed by atoms with van der Waals surface area (Å²) >= 11 is 12.5. The Bertz CT molecular complexity index is 357. The Morgan fingerprint density at radius 3 is 2.35 bits per heavy atom. The molecule has 0 saturated carbocycles. The molecule has 1 atom stereocenters. The van der Waals surface area contributed by atoms with Crippen molar-refractivity contribution in [2.24, 2.45) is 5.92 Å². The Morgan fingerprint density at radius 1 is 1.24 bits per heavy atom. The zero-order valence-corrected chi connectivity index (χ0v) is 11.4. The van der Waals surface area contributed by atoms with Crippen LogP contribution in [0.3, 0.4) is 0 Å². The smallest absolute Gasteiger partial charge is 0.0469 e. The zero-order chi connectivity index (χ0) is 12.3. The summed E-state index contributed by atoms with van der Waals surface area (Å²) in [7, 11) is 1.96. The zero-order valence-electron chi connectivity index (χ0n) is 9.88. The molecule has 2 nitrogen and oxygen atoms in total. The summed E-state index contributed by atoms with van der Waals surface area (Å²) in [4.78, 5) is 0. The summed E-state index contributed by atoms with van der Waals surface area (Å²) < 4.78 is 5.40. The number of rotatable bonds is 3. The predicted molar refractivity (Wildman–Crippen MR) is 71.8 cm³/mol. The van der Waals surface area contributed by atoms with E-state index in [4.69, 9.17) is 27.9 Å². The maximum absolute atomic E-state index is 6.27. The molecule has 4 heteroatoms. The van der Waals surface area contributed by atoms with Crippen LogP contribution < -0.4 is 5.32 Å². The van der Waals surface area contributed by atoms with Gasteiger partial charge in [0.05, 0.1) is 0 Å². The molecule has 0 amide bonds. The Balaban J connectivity index is 2.27. The number of halogens is 2. The standard InChI is InChI=1S/C13H17Cl2NO/c1-16-13(9-5-7-17-8-6-9)12-10(14)3-2-4-11(12)15/h2-4,9,13,16H,5-8H2,1H3. The molecule has 1 aliphatic rings. The Kier molecular flexibility index (Phi) is 4.69. The molecule has 0 aromatic heterocycles. The second-order valence-electron chi connectivity index (χ2n) is 4.35. The highest BCUT2D eigenvalue weighted by atomic mass is 35.5. The SMILES string of the molecule is CNC(c1c(Cl)cccc1Cl)C1CCOCC1. The fourth-order valence-corrected chi connectivity index (χ4v) is 3.11. The number of benzene rings is 1. The first-order valence-electron chi connectivity index (χ1n) is 5.93. The van der Waals surface area contributed by atoms with Gasteiger partial charge >= 0.3 is 0 Å². The molecule has 1 N–H and O–H groups in total. The second kappa shape index (κ2) is 6.05. The van der Waals surface area contributed by atoms with Crippen molar-refractivity contribution in [3.8, 4) is 0 Å². The maximum atomic E-state index is 6.27. The van der Waals surface area contributed by atoms with E-state index in [9.17, 15) is 0 Å². The second-order valence-corrected chi connectivity index (χ2v) is 5.17. The van der Waals surface area contributed by atoms with Gasteiger partial charge in [-0.3, -0.25) is 0 Å². The van der Waals surface area contributed by atoms with E-state index in [-0.39, 0.29) is 6.04 Å². The lowest BCUT2D eigenvalue weighted by molar-refractivity contribution is 0.0546. The summed E-state index contributed by atoms with van der Waals surface area (Å²) in [6, 6.07) is 5.88. The third-order valence-electron chi connectivity index (χ3n) is 3.36. The lowest BCUT2D eigenvalue weighted by Crippen LogP contribution is -2.30. The highest BCUT2D eigenvalue weighted by Crippen LogP contribution is 2.37. The number of nitrogens with one attached hydrogen (secondary N) is 1. The molecule has 0 aliphatic carbocycles. The van der Waals surface area contributed by atoms with E-state index in [0.717, 1.165) is 41.7 Å². The third-order valence-corrected chi connectivity index (χ3v) is 4.02. The lowest BCUT2D eigenvalue weighted by Gasteiger charge is -2.31. The largest absolute Gasteiger partial charge is 0.381 e. The average Bonchev–Trinajstić information content (AvgIpc) is 2.35. The maximum Gasteiger partial charge on any atom is 0.0469 e. The van der Waals surface area contributed by atoms with Crippen LogP contribution in [0.4, 0.5) is 0 Å². The van der Waals surface area contributed by atoms with Gasteiger partial charge in [-0.05, 0) is 37.9 Å². The minimum atomic E-state index is 0.208. The lowest BCUT2D eigenvalue weighted by atomic mass is 9.87. The first kappa shape index (κ1) is 13.2. The van der Waals surface area contributed by atoms with E-state index >= 15 is 0 Å². The average molecular weight is 274 g/mol. The van der Waals surface area contributed by atoms with Gasteiger partial charge in [0.1, 0.15) is 0 Å². The van der Waals surface area contributed by atoms with Crippen LogP contribution in [-0.2, 0) is 4.74 Å². The number of ether oxygens (including phenoxy) is 1.